The molecule has 1 amide bonds. The second-order valence-corrected chi connectivity index (χ2v) is 7.74. The Labute approximate surface area is 178 Å². The van der Waals surface area contributed by atoms with E-state index in [9.17, 15) is 4.79 Å². The van der Waals surface area contributed by atoms with Gasteiger partial charge in [0.25, 0.3) is 5.91 Å². The van der Waals surface area contributed by atoms with Crippen molar-refractivity contribution in [2.24, 2.45) is 0 Å². The van der Waals surface area contributed by atoms with E-state index in [0.717, 1.165) is 12.2 Å². The van der Waals surface area contributed by atoms with E-state index in [1.54, 1.807) is 32.4 Å². The molecule has 0 saturated carbocycles. The van der Waals surface area contributed by atoms with E-state index in [1.165, 1.54) is 11.1 Å². The van der Waals surface area contributed by atoms with Crippen molar-refractivity contribution in [3.63, 3.8) is 0 Å². The van der Waals surface area contributed by atoms with Gasteiger partial charge in [0.1, 0.15) is 11.5 Å². The molecule has 0 radical (unpaired) electrons. The quantitative estimate of drug-likeness (QED) is 0.534. The van der Waals surface area contributed by atoms with Crippen LogP contribution in [0, 0.1) is 6.92 Å². The van der Waals surface area contributed by atoms with E-state index < -0.39 is 0 Å². The molecule has 0 saturated heterocycles. The molecule has 5 heteroatoms. The summed E-state index contributed by atoms with van der Waals surface area (Å²) in [6.45, 7) is 7.44. The molecule has 0 fully saturated rings. The maximum absolute atomic E-state index is 13.4. The highest BCUT2D eigenvalue weighted by Crippen LogP contribution is 2.25. The van der Waals surface area contributed by atoms with E-state index >= 15 is 0 Å². The fourth-order valence-electron chi connectivity index (χ4n) is 3.40. The van der Waals surface area contributed by atoms with Gasteiger partial charge in [-0.15, -0.1) is 0 Å². The summed E-state index contributed by atoms with van der Waals surface area (Å²) >= 11 is 0. The summed E-state index contributed by atoms with van der Waals surface area (Å²) in [6.07, 6.45) is 2.06. The minimum absolute atomic E-state index is 0.0393. The molecule has 0 aliphatic heterocycles. The van der Waals surface area contributed by atoms with Crippen LogP contribution in [0.2, 0.25) is 0 Å². The van der Waals surface area contributed by atoms with E-state index in [2.05, 4.69) is 48.0 Å². The van der Waals surface area contributed by atoms with Crippen molar-refractivity contribution in [2.45, 2.75) is 39.9 Å². The van der Waals surface area contributed by atoms with Crippen LogP contribution in [0.15, 0.2) is 60.8 Å². The lowest BCUT2D eigenvalue weighted by Gasteiger charge is -2.28. The van der Waals surface area contributed by atoms with Gasteiger partial charge in [-0.2, -0.15) is 0 Å². The van der Waals surface area contributed by atoms with Crippen LogP contribution >= 0.6 is 0 Å². The van der Waals surface area contributed by atoms with Crippen molar-refractivity contribution >= 4 is 5.91 Å². The highest BCUT2D eigenvalue weighted by atomic mass is 16.5. The van der Waals surface area contributed by atoms with E-state index in [0.29, 0.717) is 23.6 Å². The summed E-state index contributed by atoms with van der Waals surface area (Å²) in [5, 5.41) is 0. The molecule has 2 aromatic carbocycles. The first-order valence-electron chi connectivity index (χ1n) is 10.1. The lowest BCUT2D eigenvalue weighted by molar-refractivity contribution is 0.0685. The zero-order valence-electron chi connectivity index (χ0n) is 18.4. The van der Waals surface area contributed by atoms with Crippen molar-refractivity contribution in [3.05, 3.63) is 83.2 Å². The fourth-order valence-corrected chi connectivity index (χ4v) is 3.40. The lowest BCUT2D eigenvalue weighted by Crippen LogP contribution is -2.37. The Balaban J connectivity index is 1.84. The number of hydrogen-bond acceptors (Lipinski definition) is 3. The number of carbonyl (C=O) groups excluding carboxylic acids is 1. The minimum atomic E-state index is -0.0507. The Morgan fingerprint density at radius 2 is 1.63 bits per heavy atom. The standard InChI is InChI=1S/C25H30N2O3/c1-18(2)27(25(28)21-13-23(29-4)15-24(14-21)30-5)17-22-7-6-12-26(22)16-20-10-8-19(3)9-11-20/h6-15,18H,16-17H2,1-5H3. The number of amides is 1. The van der Waals surface area contributed by atoms with Gasteiger partial charge in [-0.3, -0.25) is 4.79 Å². The monoisotopic (exact) mass is 406 g/mol. The number of aryl methyl sites for hydroxylation is 1. The first-order chi connectivity index (χ1) is 14.4. The Morgan fingerprint density at radius 3 is 2.20 bits per heavy atom. The van der Waals surface area contributed by atoms with Crippen LogP contribution < -0.4 is 9.47 Å². The Bertz CT molecular complexity index is 968. The number of benzene rings is 2. The third kappa shape index (κ3) is 5.03. The van der Waals surface area contributed by atoms with E-state index in [-0.39, 0.29) is 11.9 Å². The highest BCUT2D eigenvalue weighted by molar-refractivity contribution is 5.95. The largest absolute Gasteiger partial charge is 0.497 e. The van der Waals surface area contributed by atoms with Crippen LogP contribution in [0.25, 0.3) is 0 Å². The summed E-state index contributed by atoms with van der Waals surface area (Å²) in [4.78, 5) is 15.2. The number of nitrogens with zero attached hydrogens (tertiary/aromatic N) is 2. The van der Waals surface area contributed by atoms with Crippen LogP contribution in [0.5, 0.6) is 11.5 Å². The van der Waals surface area contributed by atoms with Crippen molar-refractivity contribution in [1.82, 2.24) is 9.47 Å². The number of hydrogen-bond donors (Lipinski definition) is 0. The molecule has 3 rings (SSSR count). The molecule has 30 heavy (non-hydrogen) atoms. The predicted octanol–water partition coefficient (Wildman–Crippen LogP) is 4.91. The maximum atomic E-state index is 13.4. The zero-order valence-corrected chi connectivity index (χ0v) is 18.4. The molecule has 0 spiro atoms. The van der Waals surface area contributed by atoms with Gasteiger partial charge in [0, 0.05) is 36.1 Å². The van der Waals surface area contributed by atoms with Gasteiger partial charge < -0.3 is 18.9 Å². The molecule has 0 unspecified atom stereocenters. The van der Waals surface area contributed by atoms with E-state index in [4.69, 9.17) is 9.47 Å². The topological polar surface area (TPSA) is 43.7 Å². The van der Waals surface area contributed by atoms with Crippen molar-refractivity contribution in [3.8, 4) is 11.5 Å². The van der Waals surface area contributed by atoms with Crippen molar-refractivity contribution < 1.29 is 14.3 Å². The van der Waals surface area contributed by atoms with Gasteiger partial charge in [-0.25, -0.2) is 0 Å². The van der Waals surface area contributed by atoms with Gasteiger partial charge in [-0.05, 0) is 50.6 Å². The Kier molecular flexibility index (Phi) is 6.83. The molecular formula is C25H30N2O3. The molecule has 1 aromatic heterocycles. The Hall–Kier alpha value is -3.21. The molecule has 0 bridgehead atoms. The van der Waals surface area contributed by atoms with Gasteiger partial charge in [0.2, 0.25) is 0 Å². The van der Waals surface area contributed by atoms with Crippen LogP contribution in [-0.4, -0.2) is 35.6 Å². The van der Waals surface area contributed by atoms with Crippen LogP contribution in [-0.2, 0) is 13.1 Å². The third-order valence-electron chi connectivity index (χ3n) is 5.21. The minimum Gasteiger partial charge on any atom is -0.497 e. The lowest BCUT2D eigenvalue weighted by atomic mass is 10.1. The molecule has 158 valence electrons. The number of carbonyl (C=O) groups is 1. The molecule has 3 aromatic rings. The summed E-state index contributed by atoms with van der Waals surface area (Å²) in [7, 11) is 3.17. The molecule has 5 nitrogen and oxygen atoms in total. The van der Waals surface area contributed by atoms with Crippen LogP contribution in [0.3, 0.4) is 0 Å². The normalized spacial score (nSPS) is 10.9. The molecule has 0 N–H and O–H groups in total. The highest BCUT2D eigenvalue weighted by Gasteiger charge is 2.22. The molecule has 0 aliphatic carbocycles. The average molecular weight is 407 g/mol. The molecule has 0 atom stereocenters. The number of rotatable bonds is 8. The zero-order chi connectivity index (χ0) is 21.7. The Morgan fingerprint density at radius 1 is 1.00 bits per heavy atom. The van der Waals surface area contributed by atoms with Crippen molar-refractivity contribution in [1.29, 1.82) is 0 Å². The van der Waals surface area contributed by atoms with Gasteiger partial charge in [0.15, 0.2) is 0 Å². The van der Waals surface area contributed by atoms with E-state index in [1.807, 2.05) is 24.8 Å². The fraction of sp³-hybridized carbons (Fsp3) is 0.320. The SMILES string of the molecule is COc1cc(OC)cc(C(=O)N(Cc2cccn2Cc2ccc(C)cc2)C(C)C)c1. The predicted molar refractivity (Wildman–Crippen MR) is 119 cm³/mol. The summed E-state index contributed by atoms with van der Waals surface area (Å²) in [5.41, 5.74) is 4.12. The van der Waals surface area contributed by atoms with Gasteiger partial charge in [-0.1, -0.05) is 29.8 Å². The second-order valence-electron chi connectivity index (χ2n) is 7.74. The first kappa shape index (κ1) is 21.5. The molecule has 0 aliphatic rings. The van der Waals surface area contributed by atoms with Crippen molar-refractivity contribution in [2.75, 3.05) is 14.2 Å². The average Bonchev–Trinajstić information content (AvgIpc) is 3.19. The second kappa shape index (κ2) is 9.53. The third-order valence-corrected chi connectivity index (χ3v) is 5.21. The number of ether oxygens (including phenoxy) is 2. The first-order valence-corrected chi connectivity index (χ1v) is 10.1. The summed E-state index contributed by atoms with van der Waals surface area (Å²) < 4.78 is 12.9. The van der Waals surface area contributed by atoms with Gasteiger partial charge >= 0.3 is 0 Å². The smallest absolute Gasteiger partial charge is 0.254 e. The maximum Gasteiger partial charge on any atom is 0.254 e. The molecular weight excluding hydrogens is 376 g/mol. The summed E-state index contributed by atoms with van der Waals surface area (Å²) in [5.74, 6) is 1.15. The molecule has 1 heterocycles. The van der Waals surface area contributed by atoms with Gasteiger partial charge in [0.05, 0.1) is 20.8 Å². The van der Waals surface area contributed by atoms with Crippen LogP contribution in [0.4, 0.5) is 0 Å². The summed E-state index contributed by atoms with van der Waals surface area (Å²) in [6, 6.07) is 18.0. The number of aromatic nitrogens is 1. The van der Waals surface area contributed by atoms with Crippen LogP contribution in [0.1, 0.15) is 41.0 Å². The number of methoxy groups -OCH3 is 2.